The zero-order valence-corrected chi connectivity index (χ0v) is 18.4. The number of carbonyl (C=O) groups is 1. The maximum atomic E-state index is 14.9. The molecule has 2 aromatic carbocycles. The lowest BCUT2D eigenvalue weighted by Crippen LogP contribution is -2.16. The molecular weight excluding hydrogens is 468 g/mol. The normalized spacial score (nSPS) is 11.4. The van der Waals surface area contributed by atoms with Crippen LogP contribution >= 0.6 is 0 Å². The summed E-state index contributed by atoms with van der Waals surface area (Å²) in [6, 6.07) is 7.08. The highest BCUT2D eigenvalue weighted by Crippen LogP contribution is 2.37. The van der Waals surface area contributed by atoms with E-state index in [1.54, 1.807) is 26.1 Å². The Morgan fingerprint density at radius 3 is 2.51 bits per heavy atom. The molecule has 0 saturated carbocycles. The Hall–Kier alpha value is -4.55. The van der Waals surface area contributed by atoms with Gasteiger partial charge in [0.2, 0.25) is 11.9 Å². The van der Waals surface area contributed by atoms with E-state index in [1.165, 1.54) is 29.5 Å². The second kappa shape index (κ2) is 9.00. The second-order valence-corrected chi connectivity index (χ2v) is 7.40. The van der Waals surface area contributed by atoms with E-state index in [0.29, 0.717) is 35.0 Å². The van der Waals surface area contributed by atoms with Gasteiger partial charge < -0.3 is 16.4 Å². The van der Waals surface area contributed by atoms with Gasteiger partial charge in [0.1, 0.15) is 24.3 Å². The van der Waals surface area contributed by atoms with Crippen LogP contribution in [0.1, 0.15) is 21.5 Å². The van der Waals surface area contributed by atoms with Crippen LogP contribution in [0.4, 0.5) is 35.0 Å². The lowest BCUT2D eigenvalue weighted by Gasteiger charge is -2.16. The SMILES string of the molecule is CNc1cc(-n2ncnc2Nc2cc(-c3c(F)cc(C(F)(F)F)cc3C(N)=O)ccc2C)ncn1. The summed E-state index contributed by atoms with van der Waals surface area (Å²) in [5, 5.41) is 10.1. The van der Waals surface area contributed by atoms with Crippen LogP contribution in [0.2, 0.25) is 0 Å². The van der Waals surface area contributed by atoms with Gasteiger partial charge in [-0.2, -0.15) is 27.9 Å². The summed E-state index contributed by atoms with van der Waals surface area (Å²) in [6.07, 6.45) is -2.21. The Balaban J connectivity index is 1.77. The Labute approximate surface area is 196 Å². The number of halogens is 4. The van der Waals surface area contributed by atoms with E-state index in [4.69, 9.17) is 5.73 Å². The number of nitrogens with zero attached hydrogens (tertiary/aromatic N) is 5. The third-order valence-corrected chi connectivity index (χ3v) is 5.13. The molecule has 0 fully saturated rings. The molecule has 1 amide bonds. The summed E-state index contributed by atoms with van der Waals surface area (Å²) < 4.78 is 55.7. The molecule has 13 heteroatoms. The van der Waals surface area contributed by atoms with Gasteiger partial charge in [0.15, 0.2) is 5.82 Å². The number of amides is 1. The van der Waals surface area contributed by atoms with Crippen molar-refractivity contribution in [3.8, 4) is 16.9 Å². The molecule has 9 nitrogen and oxygen atoms in total. The zero-order valence-electron chi connectivity index (χ0n) is 18.4. The van der Waals surface area contributed by atoms with E-state index in [2.05, 4.69) is 30.7 Å². The van der Waals surface area contributed by atoms with E-state index in [1.807, 2.05) is 0 Å². The Morgan fingerprint density at radius 2 is 1.83 bits per heavy atom. The topological polar surface area (TPSA) is 124 Å². The highest BCUT2D eigenvalue weighted by molar-refractivity contribution is 6.00. The Morgan fingerprint density at radius 1 is 1.06 bits per heavy atom. The zero-order chi connectivity index (χ0) is 25.3. The lowest BCUT2D eigenvalue weighted by atomic mass is 9.95. The maximum Gasteiger partial charge on any atom is 0.416 e. The van der Waals surface area contributed by atoms with Crippen molar-refractivity contribution in [2.45, 2.75) is 13.1 Å². The number of anilines is 3. The first-order valence-corrected chi connectivity index (χ1v) is 10.1. The molecule has 2 heterocycles. The van der Waals surface area contributed by atoms with Gasteiger partial charge in [-0.15, -0.1) is 0 Å². The number of alkyl halides is 3. The Bertz CT molecular complexity index is 1420. The van der Waals surface area contributed by atoms with Crippen LogP contribution in [0, 0.1) is 12.7 Å². The predicted molar refractivity (Wildman–Crippen MR) is 120 cm³/mol. The number of nitrogens with one attached hydrogen (secondary N) is 2. The van der Waals surface area contributed by atoms with Gasteiger partial charge in [-0.3, -0.25) is 4.79 Å². The second-order valence-electron chi connectivity index (χ2n) is 7.40. The summed E-state index contributed by atoms with van der Waals surface area (Å²) in [5.74, 6) is -1.21. The van der Waals surface area contributed by atoms with Crippen molar-refractivity contribution in [3.05, 3.63) is 71.6 Å². The minimum atomic E-state index is -4.85. The highest BCUT2D eigenvalue weighted by Gasteiger charge is 2.33. The summed E-state index contributed by atoms with van der Waals surface area (Å²) >= 11 is 0. The average Bonchev–Trinajstić information content (AvgIpc) is 3.27. The molecule has 0 bridgehead atoms. The smallest absolute Gasteiger partial charge is 0.373 e. The lowest BCUT2D eigenvalue weighted by molar-refractivity contribution is -0.137. The molecule has 35 heavy (non-hydrogen) atoms. The number of benzene rings is 2. The molecule has 2 aromatic heterocycles. The van der Waals surface area contributed by atoms with Crippen LogP contribution in [0.5, 0.6) is 0 Å². The molecule has 4 N–H and O–H groups in total. The number of aryl methyl sites for hydroxylation is 1. The van der Waals surface area contributed by atoms with Gasteiger partial charge in [-0.05, 0) is 36.2 Å². The number of carbonyl (C=O) groups excluding carboxylic acids is 1. The number of rotatable bonds is 6. The average molecular weight is 486 g/mol. The molecular formula is C22H18F4N8O. The fourth-order valence-electron chi connectivity index (χ4n) is 3.38. The molecule has 0 aliphatic heterocycles. The van der Waals surface area contributed by atoms with Crippen LogP contribution in [-0.2, 0) is 6.18 Å². The quantitative estimate of drug-likeness (QED) is 0.351. The molecule has 180 valence electrons. The minimum absolute atomic E-state index is 0.142. The molecule has 0 aliphatic carbocycles. The van der Waals surface area contributed by atoms with Crippen molar-refractivity contribution >= 4 is 23.4 Å². The molecule has 0 aliphatic rings. The fourth-order valence-corrected chi connectivity index (χ4v) is 3.38. The molecule has 0 saturated heterocycles. The van der Waals surface area contributed by atoms with Gasteiger partial charge in [-0.1, -0.05) is 12.1 Å². The van der Waals surface area contributed by atoms with E-state index in [9.17, 15) is 22.4 Å². The number of hydrogen-bond donors (Lipinski definition) is 3. The maximum absolute atomic E-state index is 14.9. The van der Waals surface area contributed by atoms with Crippen LogP contribution in [0.3, 0.4) is 0 Å². The monoisotopic (exact) mass is 486 g/mol. The summed E-state index contributed by atoms with van der Waals surface area (Å²) in [7, 11) is 1.70. The van der Waals surface area contributed by atoms with Crippen LogP contribution < -0.4 is 16.4 Å². The summed E-state index contributed by atoms with van der Waals surface area (Å²) in [4.78, 5) is 24.3. The van der Waals surface area contributed by atoms with Crippen molar-refractivity contribution < 1.29 is 22.4 Å². The van der Waals surface area contributed by atoms with Crippen LogP contribution in [0.25, 0.3) is 16.9 Å². The van der Waals surface area contributed by atoms with Gasteiger partial charge in [0, 0.05) is 24.4 Å². The molecule has 4 rings (SSSR count). The van der Waals surface area contributed by atoms with Gasteiger partial charge in [0.05, 0.1) is 11.1 Å². The number of hydrogen-bond acceptors (Lipinski definition) is 7. The molecule has 0 spiro atoms. The minimum Gasteiger partial charge on any atom is -0.373 e. The summed E-state index contributed by atoms with van der Waals surface area (Å²) in [5.41, 5.74) is 4.34. The van der Waals surface area contributed by atoms with Crippen LogP contribution in [-0.4, -0.2) is 37.7 Å². The van der Waals surface area contributed by atoms with Crippen LogP contribution in [0.15, 0.2) is 49.1 Å². The highest BCUT2D eigenvalue weighted by atomic mass is 19.4. The van der Waals surface area contributed by atoms with Crippen molar-refractivity contribution in [3.63, 3.8) is 0 Å². The largest absolute Gasteiger partial charge is 0.416 e. The van der Waals surface area contributed by atoms with E-state index < -0.39 is 29.0 Å². The molecule has 0 radical (unpaired) electrons. The van der Waals surface area contributed by atoms with E-state index >= 15 is 0 Å². The molecule has 4 aromatic rings. The number of nitrogens with two attached hydrogens (primary N) is 1. The van der Waals surface area contributed by atoms with E-state index in [-0.39, 0.29) is 17.1 Å². The molecule has 0 atom stereocenters. The number of primary amides is 1. The van der Waals surface area contributed by atoms with Gasteiger partial charge in [0.25, 0.3) is 0 Å². The standard InChI is InChI=1S/C22H18F4N8O/c1-11-3-4-12(19-14(20(27)35)6-13(7-15(19)23)22(24,25)26)5-16(11)33-21-31-10-32-34(21)18-8-17(28-2)29-9-30-18/h3-10H,1-2H3,(H2,27,35)(H,28,29,30)(H,31,32,33). The first-order chi connectivity index (χ1) is 16.6. The van der Waals surface area contributed by atoms with Gasteiger partial charge in [-0.25, -0.2) is 14.4 Å². The fraction of sp³-hybridized carbons (Fsp3) is 0.136. The van der Waals surface area contributed by atoms with Crippen molar-refractivity contribution in [2.24, 2.45) is 5.73 Å². The predicted octanol–water partition coefficient (Wildman–Crippen LogP) is 4.07. The third-order valence-electron chi connectivity index (χ3n) is 5.13. The van der Waals surface area contributed by atoms with E-state index in [0.717, 1.165) is 0 Å². The first-order valence-electron chi connectivity index (χ1n) is 10.1. The van der Waals surface area contributed by atoms with Crippen molar-refractivity contribution in [1.29, 1.82) is 0 Å². The third kappa shape index (κ3) is 4.74. The summed E-state index contributed by atoms with van der Waals surface area (Å²) in [6.45, 7) is 1.76. The first kappa shape index (κ1) is 23.6. The molecule has 0 unspecified atom stereocenters. The van der Waals surface area contributed by atoms with Gasteiger partial charge >= 0.3 is 6.18 Å². The van der Waals surface area contributed by atoms with Crippen molar-refractivity contribution in [2.75, 3.05) is 17.7 Å². The number of aromatic nitrogens is 5. The Kier molecular flexibility index (Phi) is 6.07. The van der Waals surface area contributed by atoms with Crippen molar-refractivity contribution in [1.82, 2.24) is 24.7 Å².